The predicted octanol–water partition coefficient (Wildman–Crippen LogP) is 3.87. The van der Waals surface area contributed by atoms with Gasteiger partial charge in [-0.15, -0.1) is 0 Å². The average molecular weight is 293 g/mol. The number of allylic oxidation sites excluding steroid dienone is 1. The van der Waals surface area contributed by atoms with Crippen molar-refractivity contribution in [2.24, 2.45) is 0 Å². The Kier molecular flexibility index (Phi) is 4.40. The van der Waals surface area contributed by atoms with Crippen LogP contribution in [0.2, 0.25) is 5.02 Å². The minimum Gasteiger partial charge on any atom is -0.219 e. The molecule has 19 heavy (non-hydrogen) atoms. The van der Waals surface area contributed by atoms with Crippen LogP contribution in [-0.2, 0) is 16.3 Å². The van der Waals surface area contributed by atoms with E-state index >= 15 is 0 Å². The fourth-order valence-corrected chi connectivity index (χ4v) is 2.78. The van der Waals surface area contributed by atoms with Gasteiger partial charge in [-0.1, -0.05) is 48.0 Å². The molecule has 4 heteroatoms. The van der Waals surface area contributed by atoms with Crippen LogP contribution in [0.5, 0.6) is 0 Å². The quantitative estimate of drug-likeness (QED) is 0.857. The lowest BCUT2D eigenvalue weighted by Gasteiger charge is -1.99. The monoisotopic (exact) mass is 292 g/mol. The van der Waals surface area contributed by atoms with Crippen LogP contribution in [0, 0.1) is 0 Å². The average Bonchev–Trinajstić information content (AvgIpc) is 2.40. The number of hydrogen-bond acceptors (Lipinski definition) is 2. The highest BCUT2D eigenvalue weighted by Crippen LogP contribution is 2.16. The first kappa shape index (κ1) is 13.8. The Bertz CT molecular complexity index is 659. The van der Waals surface area contributed by atoms with Crippen LogP contribution in [0.15, 0.2) is 71.0 Å². The lowest BCUT2D eigenvalue weighted by Crippen LogP contribution is -1.96. The number of sulfone groups is 1. The van der Waals surface area contributed by atoms with Gasteiger partial charge in [-0.3, -0.25) is 0 Å². The van der Waals surface area contributed by atoms with Gasteiger partial charge in [-0.2, -0.15) is 0 Å². The molecule has 0 bridgehead atoms. The van der Waals surface area contributed by atoms with Crippen LogP contribution in [0.4, 0.5) is 0 Å². The number of benzene rings is 2. The fourth-order valence-electron chi connectivity index (χ4n) is 1.63. The molecule has 0 amide bonds. The Balaban J connectivity index is 2.11. The zero-order chi connectivity index (χ0) is 13.7. The highest BCUT2D eigenvalue weighted by molar-refractivity contribution is 7.94. The van der Waals surface area contributed by atoms with E-state index in [0.29, 0.717) is 11.4 Å². The normalized spacial score (nSPS) is 11.8. The maximum Gasteiger partial charge on any atom is 0.199 e. The first-order valence-corrected chi connectivity index (χ1v) is 7.71. The van der Waals surface area contributed by atoms with E-state index in [2.05, 4.69) is 0 Å². The van der Waals surface area contributed by atoms with Gasteiger partial charge in [0.05, 0.1) is 4.90 Å². The summed E-state index contributed by atoms with van der Waals surface area (Å²) in [6.07, 6.45) is 2.24. The molecule has 0 aliphatic heterocycles. The van der Waals surface area contributed by atoms with Gasteiger partial charge in [0.2, 0.25) is 0 Å². The van der Waals surface area contributed by atoms with Crippen molar-refractivity contribution in [2.45, 2.75) is 11.3 Å². The Hall–Kier alpha value is -1.58. The summed E-state index contributed by atoms with van der Waals surface area (Å²) in [6, 6.07) is 15.8. The van der Waals surface area contributed by atoms with Crippen molar-refractivity contribution < 1.29 is 8.42 Å². The van der Waals surface area contributed by atoms with E-state index in [1.807, 2.05) is 30.3 Å². The SMILES string of the molecule is O=S(=O)(/C=C/Cc1ccccc1)c1ccc(Cl)cc1. The molecule has 0 aromatic heterocycles. The van der Waals surface area contributed by atoms with Gasteiger partial charge < -0.3 is 0 Å². The molecule has 0 fully saturated rings. The Morgan fingerprint density at radius 3 is 2.21 bits per heavy atom. The van der Waals surface area contributed by atoms with Gasteiger partial charge >= 0.3 is 0 Å². The molecule has 0 heterocycles. The zero-order valence-electron chi connectivity index (χ0n) is 10.2. The first-order valence-electron chi connectivity index (χ1n) is 5.79. The summed E-state index contributed by atoms with van der Waals surface area (Å²) >= 11 is 5.73. The largest absolute Gasteiger partial charge is 0.219 e. The van der Waals surface area contributed by atoms with Crippen LogP contribution in [0.3, 0.4) is 0 Å². The van der Waals surface area contributed by atoms with Gasteiger partial charge in [0.25, 0.3) is 0 Å². The summed E-state index contributed by atoms with van der Waals surface area (Å²) in [4.78, 5) is 0.251. The van der Waals surface area contributed by atoms with Gasteiger partial charge in [0, 0.05) is 10.4 Å². The van der Waals surface area contributed by atoms with Crippen LogP contribution < -0.4 is 0 Å². The molecule has 98 valence electrons. The van der Waals surface area contributed by atoms with Crippen LogP contribution in [0.25, 0.3) is 0 Å². The molecule has 2 rings (SSSR count). The zero-order valence-corrected chi connectivity index (χ0v) is 11.7. The van der Waals surface area contributed by atoms with Crippen molar-refractivity contribution in [3.05, 3.63) is 76.7 Å². The minimum absolute atomic E-state index is 0.251. The number of halogens is 1. The van der Waals surface area contributed by atoms with E-state index in [9.17, 15) is 8.42 Å². The molecular formula is C15H13ClO2S. The van der Waals surface area contributed by atoms with Crippen molar-refractivity contribution in [3.63, 3.8) is 0 Å². The second-order valence-corrected chi connectivity index (χ2v) is 6.33. The second-order valence-electron chi connectivity index (χ2n) is 4.06. The maximum absolute atomic E-state index is 12.0. The molecule has 0 N–H and O–H groups in total. The summed E-state index contributed by atoms with van der Waals surface area (Å²) < 4.78 is 24.0. The third-order valence-corrected chi connectivity index (χ3v) is 4.35. The van der Waals surface area contributed by atoms with Crippen LogP contribution in [-0.4, -0.2) is 8.42 Å². The summed E-state index contributed by atoms with van der Waals surface area (Å²) in [5, 5.41) is 1.76. The minimum atomic E-state index is -3.39. The van der Waals surface area contributed by atoms with Crippen molar-refractivity contribution >= 4 is 21.4 Å². The van der Waals surface area contributed by atoms with Gasteiger partial charge in [0.15, 0.2) is 9.84 Å². The van der Waals surface area contributed by atoms with Crippen molar-refractivity contribution in [1.82, 2.24) is 0 Å². The predicted molar refractivity (Wildman–Crippen MR) is 77.9 cm³/mol. The van der Waals surface area contributed by atoms with E-state index in [4.69, 9.17) is 11.6 Å². The van der Waals surface area contributed by atoms with Crippen molar-refractivity contribution in [2.75, 3.05) is 0 Å². The van der Waals surface area contributed by atoms with Crippen molar-refractivity contribution in [1.29, 1.82) is 0 Å². The Morgan fingerprint density at radius 2 is 1.58 bits per heavy atom. The van der Waals surface area contributed by atoms with E-state index in [1.54, 1.807) is 18.2 Å². The van der Waals surface area contributed by atoms with E-state index in [-0.39, 0.29) is 4.90 Å². The molecule has 0 aliphatic rings. The molecule has 0 atom stereocenters. The summed E-state index contributed by atoms with van der Waals surface area (Å²) in [7, 11) is -3.39. The Morgan fingerprint density at radius 1 is 0.947 bits per heavy atom. The van der Waals surface area contributed by atoms with Gasteiger partial charge in [-0.25, -0.2) is 8.42 Å². The third kappa shape index (κ3) is 3.94. The molecular weight excluding hydrogens is 280 g/mol. The van der Waals surface area contributed by atoms with Crippen LogP contribution in [0.1, 0.15) is 5.56 Å². The molecule has 2 aromatic rings. The van der Waals surface area contributed by atoms with E-state index < -0.39 is 9.84 Å². The second kappa shape index (κ2) is 6.04. The lowest BCUT2D eigenvalue weighted by molar-refractivity contribution is 0.604. The molecule has 0 aliphatic carbocycles. The molecule has 0 radical (unpaired) electrons. The standard InChI is InChI=1S/C15H13ClO2S/c16-14-8-10-15(11-9-14)19(17,18)12-4-7-13-5-2-1-3-6-13/h1-6,8-12H,7H2/b12-4+. The summed E-state index contributed by atoms with van der Waals surface area (Å²) in [6.45, 7) is 0. The van der Waals surface area contributed by atoms with Gasteiger partial charge in [0.1, 0.15) is 0 Å². The fraction of sp³-hybridized carbons (Fsp3) is 0.0667. The first-order chi connectivity index (χ1) is 9.08. The smallest absolute Gasteiger partial charge is 0.199 e. The topological polar surface area (TPSA) is 34.1 Å². The Labute approximate surface area is 118 Å². The molecule has 0 saturated heterocycles. The summed E-state index contributed by atoms with van der Waals surface area (Å²) in [5.41, 5.74) is 1.07. The molecule has 2 nitrogen and oxygen atoms in total. The third-order valence-electron chi connectivity index (χ3n) is 2.61. The van der Waals surface area contributed by atoms with Crippen LogP contribution >= 0.6 is 11.6 Å². The van der Waals surface area contributed by atoms with Crippen molar-refractivity contribution in [3.8, 4) is 0 Å². The summed E-state index contributed by atoms with van der Waals surface area (Å²) in [5.74, 6) is 0. The molecule has 0 spiro atoms. The molecule has 0 saturated carbocycles. The van der Waals surface area contributed by atoms with E-state index in [1.165, 1.54) is 17.5 Å². The molecule has 0 unspecified atom stereocenters. The highest BCUT2D eigenvalue weighted by Gasteiger charge is 2.09. The maximum atomic E-state index is 12.0. The number of rotatable bonds is 4. The highest BCUT2D eigenvalue weighted by atomic mass is 35.5. The lowest BCUT2D eigenvalue weighted by atomic mass is 10.2. The molecule has 2 aromatic carbocycles. The number of hydrogen-bond donors (Lipinski definition) is 0. The van der Waals surface area contributed by atoms with Gasteiger partial charge in [-0.05, 0) is 36.2 Å². The van der Waals surface area contributed by atoms with E-state index in [0.717, 1.165) is 5.56 Å².